The van der Waals surface area contributed by atoms with E-state index >= 15 is 0 Å². The molecule has 4 nitrogen and oxygen atoms in total. The number of sulfonamides is 1. The molecule has 18 heavy (non-hydrogen) atoms. The van der Waals surface area contributed by atoms with Crippen LogP contribution in [0.4, 0.5) is 0 Å². The van der Waals surface area contributed by atoms with Crippen molar-refractivity contribution in [1.29, 1.82) is 0 Å². The molecule has 0 aliphatic carbocycles. The predicted octanol–water partition coefficient (Wildman–Crippen LogP) is 1.42. The summed E-state index contributed by atoms with van der Waals surface area (Å²) in [5, 5.41) is 3.36. The Kier molecular flexibility index (Phi) is 4.37. The third kappa shape index (κ3) is 3.31. The van der Waals surface area contributed by atoms with Gasteiger partial charge in [-0.05, 0) is 44.4 Å². The first kappa shape index (κ1) is 13.5. The number of nitrogens with one attached hydrogen (secondary N) is 2. The standard InChI is InChI=1S/C13H20N2O2S/c1-11-5-2-3-7-13(11)18(16,17)15-10-8-12-6-4-9-14-12/h2-3,5,7,12,14-15H,4,6,8-10H2,1H3/t12-/m1/s1. The molecular formula is C13H20N2O2S. The van der Waals surface area contributed by atoms with E-state index in [9.17, 15) is 8.42 Å². The van der Waals surface area contributed by atoms with Crippen LogP contribution in [-0.4, -0.2) is 27.5 Å². The number of hydrogen-bond donors (Lipinski definition) is 2. The average Bonchev–Trinajstić information content (AvgIpc) is 2.82. The molecule has 0 unspecified atom stereocenters. The maximum absolute atomic E-state index is 12.1. The van der Waals surface area contributed by atoms with Crippen molar-refractivity contribution in [1.82, 2.24) is 10.0 Å². The first-order valence-electron chi connectivity index (χ1n) is 6.38. The molecule has 1 saturated heterocycles. The quantitative estimate of drug-likeness (QED) is 0.849. The van der Waals surface area contributed by atoms with Gasteiger partial charge in [0.2, 0.25) is 10.0 Å². The minimum absolute atomic E-state index is 0.379. The van der Waals surface area contributed by atoms with E-state index in [1.165, 1.54) is 6.42 Å². The van der Waals surface area contributed by atoms with Gasteiger partial charge in [-0.15, -0.1) is 0 Å². The zero-order valence-corrected chi connectivity index (χ0v) is 11.5. The molecule has 100 valence electrons. The van der Waals surface area contributed by atoms with E-state index in [1.807, 2.05) is 19.1 Å². The van der Waals surface area contributed by atoms with Crippen LogP contribution in [0.5, 0.6) is 0 Å². The first-order valence-corrected chi connectivity index (χ1v) is 7.86. The predicted molar refractivity (Wildman–Crippen MR) is 72.0 cm³/mol. The van der Waals surface area contributed by atoms with Crippen molar-refractivity contribution in [2.75, 3.05) is 13.1 Å². The Morgan fingerprint density at radius 3 is 2.83 bits per heavy atom. The maximum atomic E-state index is 12.1. The molecule has 5 heteroatoms. The third-order valence-corrected chi connectivity index (χ3v) is 4.95. The van der Waals surface area contributed by atoms with Gasteiger partial charge in [-0.25, -0.2) is 13.1 Å². The molecule has 1 fully saturated rings. The van der Waals surface area contributed by atoms with Crippen LogP contribution in [0.15, 0.2) is 29.2 Å². The molecule has 2 N–H and O–H groups in total. The molecule has 1 aromatic rings. The molecule has 1 aromatic carbocycles. The average molecular weight is 268 g/mol. The summed E-state index contributed by atoms with van der Waals surface area (Å²) in [5.74, 6) is 0. The van der Waals surface area contributed by atoms with Crippen LogP contribution in [0, 0.1) is 6.92 Å². The molecule has 0 saturated carbocycles. The van der Waals surface area contributed by atoms with Gasteiger partial charge in [-0.2, -0.15) is 0 Å². The fourth-order valence-electron chi connectivity index (χ4n) is 2.31. The van der Waals surface area contributed by atoms with Gasteiger partial charge in [0.25, 0.3) is 0 Å². The Hall–Kier alpha value is -0.910. The van der Waals surface area contributed by atoms with E-state index in [0.717, 1.165) is 24.9 Å². The van der Waals surface area contributed by atoms with Crippen molar-refractivity contribution in [3.8, 4) is 0 Å². The van der Waals surface area contributed by atoms with Crippen molar-refractivity contribution in [2.45, 2.75) is 37.1 Å². The second kappa shape index (κ2) is 5.82. The van der Waals surface area contributed by atoms with Crippen LogP contribution >= 0.6 is 0 Å². The van der Waals surface area contributed by atoms with E-state index in [1.54, 1.807) is 12.1 Å². The summed E-state index contributed by atoms with van der Waals surface area (Å²) in [6.45, 7) is 3.36. The number of hydrogen-bond acceptors (Lipinski definition) is 3. The van der Waals surface area contributed by atoms with Gasteiger partial charge in [-0.1, -0.05) is 18.2 Å². The Balaban J connectivity index is 1.93. The van der Waals surface area contributed by atoms with Crippen LogP contribution in [0.1, 0.15) is 24.8 Å². The van der Waals surface area contributed by atoms with E-state index < -0.39 is 10.0 Å². The van der Waals surface area contributed by atoms with Crippen molar-refractivity contribution in [3.63, 3.8) is 0 Å². The van der Waals surface area contributed by atoms with Gasteiger partial charge in [0.15, 0.2) is 0 Å². The number of aryl methyl sites for hydroxylation is 1. The molecule has 1 heterocycles. The summed E-state index contributed by atoms with van der Waals surface area (Å²) in [7, 11) is -3.36. The molecule has 0 spiro atoms. The van der Waals surface area contributed by atoms with Crippen molar-refractivity contribution >= 4 is 10.0 Å². The van der Waals surface area contributed by atoms with Gasteiger partial charge in [-0.3, -0.25) is 0 Å². The van der Waals surface area contributed by atoms with Gasteiger partial charge in [0.1, 0.15) is 0 Å². The first-order chi connectivity index (χ1) is 8.59. The topological polar surface area (TPSA) is 58.2 Å². The molecule has 2 rings (SSSR count). The SMILES string of the molecule is Cc1ccccc1S(=O)(=O)NCC[C@H]1CCCN1. The lowest BCUT2D eigenvalue weighted by molar-refractivity contribution is 0.539. The third-order valence-electron chi connectivity index (χ3n) is 3.33. The molecule has 1 aliphatic rings. The van der Waals surface area contributed by atoms with Gasteiger partial charge in [0.05, 0.1) is 4.90 Å². The molecular weight excluding hydrogens is 248 g/mol. The van der Waals surface area contributed by atoms with Gasteiger partial charge < -0.3 is 5.32 Å². The smallest absolute Gasteiger partial charge is 0.240 e. The Bertz CT molecular complexity index is 493. The number of rotatable bonds is 5. The summed E-state index contributed by atoms with van der Waals surface area (Å²) in [4.78, 5) is 0.379. The molecule has 0 aromatic heterocycles. The lowest BCUT2D eigenvalue weighted by atomic mass is 10.2. The lowest BCUT2D eigenvalue weighted by Gasteiger charge is -2.12. The number of benzene rings is 1. The second-order valence-corrected chi connectivity index (χ2v) is 6.48. The molecule has 0 bridgehead atoms. The van der Waals surface area contributed by atoms with Gasteiger partial charge in [0, 0.05) is 12.6 Å². The highest BCUT2D eigenvalue weighted by Crippen LogP contribution is 2.14. The summed E-state index contributed by atoms with van der Waals surface area (Å²) >= 11 is 0. The van der Waals surface area contributed by atoms with E-state index in [-0.39, 0.29) is 0 Å². The molecule has 0 radical (unpaired) electrons. The summed E-state index contributed by atoms with van der Waals surface area (Å²) in [6.07, 6.45) is 3.19. The normalized spacial score (nSPS) is 20.2. The van der Waals surface area contributed by atoms with E-state index in [0.29, 0.717) is 17.5 Å². The minimum Gasteiger partial charge on any atom is -0.314 e. The van der Waals surface area contributed by atoms with Crippen molar-refractivity contribution in [2.24, 2.45) is 0 Å². The maximum Gasteiger partial charge on any atom is 0.240 e. The summed E-state index contributed by atoms with van der Waals surface area (Å²) in [5.41, 5.74) is 0.781. The summed E-state index contributed by atoms with van der Waals surface area (Å²) < 4.78 is 26.9. The highest BCUT2D eigenvalue weighted by molar-refractivity contribution is 7.89. The Morgan fingerprint density at radius 1 is 1.39 bits per heavy atom. The summed E-state index contributed by atoms with van der Waals surface area (Å²) in [6, 6.07) is 7.51. The highest BCUT2D eigenvalue weighted by atomic mass is 32.2. The van der Waals surface area contributed by atoms with E-state index in [2.05, 4.69) is 10.0 Å². The molecule has 1 aliphatic heterocycles. The fraction of sp³-hybridized carbons (Fsp3) is 0.538. The van der Waals surface area contributed by atoms with Crippen LogP contribution < -0.4 is 10.0 Å². The van der Waals surface area contributed by atoms with Crippen molar-refractivity contribution in [3.05, 3.63) is 29.8 Å². The zero-order chi connectivity index (χ0) is 13.0. The zero-order valence-electron chi connectivity index (χ0n) is 10.6. The molecule has 0 amide bonds. The van der Waals surface area contributed by atoms with Crippen LogP contribution in [0.25, 0.3) is 0 Å². The van der Waals surface area contributed by atoms with Crippen LogP contribution in [-0.2, 0) is 10.0 Å². The minimum atomic E-state index is -3.36. The van der Waals surface area contributed by atoms with E-state index in [4.69, 9.17) is 0 Å². The van der Waals surface area contributed by atoms with Crippen LogP contribution in [0.2, 0.25) is 0 Å². The fourth-order valence-corrected chi connectivity index (χ4v) is 3.60. The van der Waals surface area contributed by atoms with Gasteiger partial charge >= 0.3 is 0 Å². The largest absolute Gasteiger partial charge is 0.314 e. The van der Waals surface area contributed by atoms with Crippen LogP contribution in [0.3, 0.4) is 0 Å². The Morgan fingerprint density at radius 2 is 2.17 bits per heavy atom. The highest BCUT2D eigenvalue weighted by Gasteiger charge is 2.18. The Labute approximate surface area is 109 Å². The molecule has 1 atom stereocenters. The lowest BCUT2D eigenvalue weighted by Crippen LogP contribution is -2.30. The van der Waals surface area contributed by atoms with Crippen molar-refractivity contribution < 1.29 is 8.42 Å². The second-order valence-electron chi connectivity index (χ2n) is 4.75. The monoisotopic (exact) mass is 268 g/mol.